The summed E-state index contributed by atoms with van der Waals surface area (Å²) in [4.78, 5) is 13.5. The summed E-state index contributed by atoms with van der Waals surface area (Å²) < 4.78 is 12.5. The molecule has 0 aliphatic heterocycles. The van der Waals surface area contributed by atoms with Crippen LogP contribution < -0.4 is 10.1 Å². The van der Waals surface area contributed by atoms with Gasteiger partial charge in [-0.05, 0) is 55.8 Å². The number of hydrogen-bond donors (Lipinski definition) is 1. The molecule has 0 fully saturated rings. The quantitative estimate of drug-likeness (QED) is 0.601. The number of nitrogens with one attached hydrogen (secondary N) is 1. The molecule has 144 valence electrons. The maximum Gasteiger partial charge on any atom is 0.235 e. The number of carbonyl (C=O) groups excluding carboxylic acids is 1. The maximum atomic E-state index is 12.5. The summed E-state index contributed by atoms with van der Waals surface area (Å²) in [6.45, 7) is 4.26. The standard InChI is InChI=1S/C21H21N3O3S/c1-14-15(2)24(12-17-5-4-10-27-17)21(19(14)11-22)23-20(25)13-28-18-8-6-16(26-3)7-9-18/h4-10H,12-13H2,1-3H3,(H,23,25). The van der Waals surface area contributed by atoms with Crippen LogP contribution in [0.2, 0.25) is 0 Å². The summed E-state index contributed by atoms with van der Waals surface area (Å²) in [6.07, 6.45) is 1.61. The van der Waals surface area contributed by atoms with Crippen molar-refractivity contribution >= 4 is 23.5 Å². The van der Waals surface area contributed by atoms with Gasteiger partial charge in [-0.25, -0.2) is 0 Å². The van der Waals surface area contributed by atoms with E-state index >= 15 is 0 Å². The molecule has 0 aliphatic rings. The first-order valence-corrected chi connectivity index (χ1v) is 9.71. The molecular formula is C21H21N3O3S. The van der Waals surface area contributed by atoms with Crippen molar-refractivity contribution in [1.82, 2.24) is 4.57 Å². The van der Waals surface area contributed by atoms with E-state index in [9.17, 15) is 10.1 Å². The summed E-state index contributed by atoms with van der Waals surface area (Å²) in [5.74, 6) is 2.10. The number of hydrogen-bond acceptors (Lipinski definition) is 5. The first-order chi connectivity index (χ1) is 13.5. The Balaban J connectivity index is 1.75. The van der Waals surface area contributed by atoms with Crippen molar-refractivity contribution in [1.29, 1.82) is 5.26 Å². The molecule has 0 unspecified atom stereocenters. The Morgan fingerprint density at radius 1 is 1.29 bits per heavy atom. The van der Waals surface area contributed by atoms with E-state index in [0.29, 0.717) is 17.9 Å². The number of methoxy groups -OCH3 is 1. The van der Waals surface area contributed by atoms with Crippen LogP contribution in [-0.4, -0.2) is 23.3 Å². The van der Waals surface area contributed by atoms with Crippen LogP contribution in [0.3, 0.4) is 0 Å². The van der Waals surface area contributed by atoms with E-state index in [4.69, 9.17) is 9.15 Å². The highest BCUT2D eigenvalue weighted by atomic mass is 32.2. The lowest BCUT2D eigenvalue weighted by Gasteiger charge is -2.12. The molecule has 2 heterocycles. The zero-order valence-corrected chi connectivity index (χ0v) is 16.8. The number of nitriles is 1. The molecule has 0 atom stereocenters. The third kappa shape index (κ3) is 4.24. The highest BCUT2D eigenvalue weighted by molar-refractivity contribution is 8.00. The average molecular weight is 395 g/mol. The SMILES string of the molecule is COc1ccc(SCC(=O)Nc2c(C#N)c(C)c(C)n2Cc2ccco2)cc1. The Morgan fingerprint density at radius 2 is 2.04 bits per heavy atom. The predicted octanol–water partition coefficient (Wildman–Crippen LogP) is 4.36. The van der Waals surface area contributed by atoms with Gasteiger partial charge in [0.1, 0.15) is 23.4 Å². The predicted molar refractivity (Wildman–Crippen MR) is 109 cm³/mol. The molecule has 0 saturated heterocycles. The van der Waals surface area contributed by atoms with E-state index < -0.39 is 0 Å². The second kappa shape index (κ2) is 8.72. The molecule has 0 bridgehead atoms. The average Bonchev–Trinajstić information content (AvgIpc) is 3.30. The van der Waals surface area contributed by atoms with Crippen LogP contribution in [0.4, 0.5) is 5.82 Å². The normalized spacial score (nSPS) is 10.5. The summed E-state index contributed by atoms with van der Waals surface area (Å²) >= 11 is 1.42. The molecule has 0 saturated carbocycles. The molecular weight excluding hydrogens is 374 g/mol. The van der Waals surface area contributed by atoms with Gasteiger partial charge in [-0.2, -0.15) is 5.26 Å². The van der Waals surface area contributed by atoms with E-state index in [2.05, 4.69) is 11.4 Å². The Bertz CT molecular complexity index is 999. The second-order valence-corrected chi connectivity index (χ2v) is 7.27. The van der Waals surface area contributed by atoms with E-state index in [1.165, 1.54) is 11.8 Å². The summed E-state index contributed by atoms with van der Waals surface area (Å²) in [6, 6.07) is 13.4. The van der Waals surface area contributed by atoms with Crippen LogP contribution in [-0.2, 0) is 11.3 Å². The topological polar surface area (TPSA) is 80.2 Å². The maximum absolute atomic E-state index is 12.5. The Morgan fingerprint density at radius 3 is 2.64 bits per heavy atom. The van der Waals surface area contributed by atoms with Gasteiger partial charge in [0.15, 0.2) is 0 Å². The lowest BCUT2D eigenvalue weighted by Crippen LogP contribution is -2.18. The van der Waals surface area contributed by atoms with Crippen molar-refractivity contribution in [3.05, 3.63) is 65.2 Å². The van der Waals surface area contributed by atoms with Gasteiger partial charge in [0.2, 0.25) is 5.91 Å². The van der Waals surface area contributed by atoms with Crippen LogP contribution in [0, 0.1) is 25.2 Å². The molecule has 1 aromatic carbocycles. The van der Waals surface area contributed by atoms with Crippen molar-refractivity contribution in [3.63, 3.8) is 0 Å². The second-order valence-electron chi connectivity index (χ2n) is 6.22. The van der Waals surface area contributed by atoms with Crippen molar-refractivity contribution in [2.45, 2.75) is 25.3 Å². The largest absolute Gasteiger partial charge is 0.497 e. The van der Waals surface area contributed by atoms with E-state index in [1.54, 1.807) is 13.4 Å². The fourth-order valence-corrected chi connectivity index (χ4v) is 3.57. The highest BCUT2D eigenvalue weighted by Crippen LogP contribution is 2.28. The molecule has 3 aromatic rings. The van der Waals surface area contributed by atoms with Gasteiger partial charge in [0.05, 0.1) is 31.2 Å². The smallest absolute Gasteiger partial charge is 0.235 e. The zero-order valence-electron chi connectivity index (χ0n) is 16.0. The molecule has 2 aromatic heterocycles. The zero-order chi connectivity index (χ0) is 20.1. The fourth-order valence-electron chi connectivity index (χ4n) is 2.88. The third-order valence-electron chi connectivity index (χ3n) is 4.52. The van der Waals surface area contributed by atoms with Crippen LogP contribution in [0.25, 0.3) is 0 Å². The van der Waals surface area contributed by atoms with Crippen LogP contribution in [0.1, 0.15) is 22.6 Å². The number of furan rings is 1. The number of nitrogens with zero attached hydrogens (tertiary/aromatic N) is 2. The molecule has 1 amide bonds. The highest BCUT2D eigenvalue weighted by Gasteiger charge is 2.20. The van der Waals surface area contributed by atoms with Crippen molar-refractivity contribution in [2.24, 2.45) is 0 Å². The van der Waals surface area contributed by atoms with Gasteiger partial charge < -0.3 is 19.0 Å². The minimum Gasteiger partial charge on any atom is -0.497 e. The molecule has 28 heavy (non-hydrogen) atoms. The summed E-state index contributed by atoms with van der Waals surface area (Å²) in [5, 5.41) is 12.5. The molecule has 7 heteroatoms. The van der Waals surface area contributed by atoms with Crippen molar-refractivity contribution < 1.29 is 13.9 Å². The lowest BCUT2D eigenvalue weighted by molar-refractivity contribution is -0.113. The van der Waals surface area contributed by atoms with Crippen LogP contribution >= 0.6 is 11.8 Å². The van der Waals surface area contributed by atoms with Gasteiger partial charge in [0.25, 0.3) is 0 Å². The molecule has 1 N–H and O–H groups in total. The molecule has 6 nitrogen and oxygen atoms in total. The minimum atomic E-state index is -0.171. The number of rotatable bonds is 7. The van der Waals surface area contributed by atoms with E-state index in [0.717, 1.165) is 27.7 Å². The van der Waals surface area contributed by atoms with Crippen LogP contribution in [0.15, 0.2) is 52.0 Å². The fraction of sp³-hybridized carbons (Fsp3) is 0.238. The van der Waals surface area contributed by atoms with E-state index in [-0.39, 0.29) is 11.7 Å². The summed E-state index contributed by atoms with van der Waals surface area (Å²) in [5.41, 5.74) is 2.25. The number of anilines is 1. The number of thioether (sulfide) groups is 1. The summed E-state index contributed by atoms with van der Waals surface area (Å²) in [7, 11) is 1.62. The minimum absolute atomic E-state index is 0.171. The van der Waals surface area contributed by atoms with Gasteiger partial charge in [-0.15, -0.1) is 11.8 Å². The molecule has 3 rings (SSSR count). The van der Waals surface area contributed by atoms with Gasteiger partial charge >= 0.3 is 0 Å². The number of benzene rings is 1. The van der Waals surface area contributed by atoms with Gasteiger partial charge in [0, 0.05) is 10.6 Å². The van der Waals surface area contributed by atoms with E-state index in [1.807, 2.05) is 54.8 Å². The lowest BCUT2D eigenvalue weighted by atomic mass is 10.2. The Kier molecular flexibility index (Phi) is 6.12. The molecule has 0 aliphatic carbocycles. The Hall–Kier alpha value is -3.11. The first-order valence-electron chi connectivity index (χ1n) is 8.72. The van der Waals surface area contributed by atoms with Crippen molar-refractivity contribution in [2.75, 3.05) is 18.2 Å². The number of amides is 1. The first kappa shape index (κ1) is 19.6. The Labute approximate surface area is 168 Å². The number of aromatic nitrogens is 1. The molecule has 0 radical (unpaired) electrons. The van der Waals surface area contributed by atoms with Crippen molar-refractivity contribution in [3.8, 4) is 11.8 Å². The third-order valence-corrected chi connectivity index (χ3v) is 5.53. The van der Waals surface area contributed by atoms with Gasteiger partial charge in [-0.3, -0.25) is 4.79 Å². The monoisotopic (exact) mass is 395 g/mol. The number of ether oxygens (including phenoxy) is 1. The molecule has 0 spiro atoms. The van der Waals surface area contributed by atoms with Crippen LogP contribution in [0.5, 0.6) is 5.75 Å². The number of carbonyl (C=O) groups is 1. The van der Waals surface area contributed by atoms with Gasteiger partial charge in [-0.1, -0.05) is 0 Å².